The van der Waals surface area contributed by atoms with Crippen LogP contribution in [0.25, 0.3) is 16.8 Å². The van der Waals surface area contributed by atoms with Gasteiger partial charge in [0.1, 0.15) is 0 Å². The van der Waals surface area contributed by atoms with Crippen molar-refractivity contribution in [1.82, 2.24) is 0 Å². The first-order valence-electron chi connectivity index (χ1n) is 13.1. The average Bonchev–Trinajstić information content (AvgIpc) is 2.99. The summed E-state index contributed by atoms with van der Waals surface area (Å²) in [4.78, 5) is 16.4. The van der Waals surface area contributed by atoms with E-state index >= 15 is 0 Å². The molecule has 0 saturated heterocycles. The van der Waals surface area contributed by atoms with Crippen molar-refractivity contribution in [1.29, 1.82) is 0 Å². The zero-order chi connectivity index (χ0) is 28.1. The molecule has 0 radical (unpaired) electrons. The number of ether oxygens (including phenoxy) is 1. The van der Waals surface area contributed by atoms with E-state index in [2.05, 4.69) is 104 Å². The van der Waals surface area contributed by atoms with Crippen molar-refractivity contribution in [3.8, 4) is 0 Å². The van der Waals surface area contributed by atoms with Crippen LogP contribution in [0, 0.1) is 6.92 Å². The number of thioether (sulfide) groups is 1. The fraction of sp³-hybridized carbons (Fsp3) is 0.0833. The van der Waals surface area contributed by atoms with Gasteiger partial charge in [0.15, 0.2) is 0 Å². The second-order valence-corrected chi connectivity index (χ2v) is 10.7. The average molecular weight is 542 g/mol. The minimum atomic E-state index is -0.352. The number of hydrogen-bond donors (Lipinski definition) is 0. The van der Waals surface area contributed by atoms with E-state index in [-0.39, 0.29) is 5.97 Å². The second-order valence-electron chi connectivity index (χ2n) is 9.57. The normalized spacial score (nSPS) is 14.0. The highest BCUT2D eigenvalue weighted by molar-refractivity contribution is 8.03. The third-order valence-electron chi connectivity index (χ3n) is 6.90. The lowest BCUT2D eigenvalue weighted by molar-refractivity contribution is 0.0600. The zero-order valence-electron chi connectivity index (χ0n) is 22.9. The molecule has 1 aliphatic heterocycles. The quantitative estimate of drug-likeness (QED) is 0.133. The highest BCUT2D eigenvalue weighted by Crippen LogP contribution is 2.40. The maximum absolute atomic E-state index is 12.1. The van der Waals surface area contributed by atoms with Gasteiger partial charge >= 0.3 is 5.97 Å². The van der Waals surface area contributed by atoms with E-state index in [1.165, 1.54) is 17.6 Å². The summed E-state index contributed by atoms with van der Waals surface area (Å²) >= 11 is 1.65. The molecule has 0 saturated carbocycles. The molecule has 0 atom stereocenters. The molecule has 0 aromatic heterocycles. The molecule has 0 aliphatic carbocycles. The minimum Gasteiger partial charge on any atom is -0.465 e. The molecular formula is C36H31NO2S. The summed E-state index contributed by atoms with van der Waals surface area (Å²) in [5, 5.41) is 0. The second kappa shape index (κ2) is 12.1. The molecule has 4 aromatic rings. The predicted molar refractivity (Wildman–Crippen MR) is 169 cm³/mol. The van der Waals surface area contributed by atoms with E-state index < -0.39 is 0 Å². The summed E-state index contributed by atoms with van der Waals surface area (Å²) in [6.07, 6.45) is 6.57. The van der Waals surface area contributed by atoms with Gasteiger partial charge in [0, 0.05) is 33.8 Å². The minimum absolute atomic E-state index is 0.352. The van der Waals surface area contributed by atoms with Gasteiger partial charge in [0.25, 0.3) is 0 Å². The lowest BCUT2D eigenvalue weighted by Gasteiger charge is -2.30. The van der Waals surface area contributed by atoms with Crippen LogP contribution in [-0.2, 0) is 4.74 Å². The van der Waals surface area contributed by atoms with E-state index in [4.69, 9.17) is 4.74 Å². The summed E-state index contributed by atoms with van der Waals surface area (Å²) in [6.45, 7) is 6.50. The number of methoxy groups -OCH3 is 1. The number of para-hydroxylation sites is 1. The van der Waals surface area contributed by atoms with E-state index in [1.54, 1.807) is 23.9 Å². The fourth-order valence-corrected chi connectivity index (χ4v) is 5.62. The van der Waals surface area contributed by atoms with Gasteiger partial charge in [-0.3, -0.25) is 0 Å². The van der Waals surface area contributed by atoms with Crippen molar-refractivity contribution in [2.24, 2.45) is 0 Å². The number of esters is 1. The first-order chi connectivity index (χ1) is 19.4. The summed E-state index contributed by atoms with van der Waals surface area (Å²) in [5.41, 5.74) is 9.38. The van der Waals surface area contributed by atoms with E-state index in [9.17, 15) is 4.79 Å². The third-order valence-corrected chi connectivity index (χ3v) is 7.96. The Balaban J connectivity index is 1.63. The van der Waals surface area contributed by atoms with Crippen LogP contribution in [-0.4, -0.2) is 20.1 Å². The van der Waals surface area contributed by atoms with Crippen LogP contribution in [0.3, 0.4) is 0 Å². The van der Waals surface area contributed by atoms with E-state index in [0.717, 1.165) is 44.1 Å². The number of rotatable bonds is 7. The summed E-state index contributed by atoms with van der Waals surface area (Å²) in [7, 11) is 3.50. The van der Waals surface area contributed by atoms with Crippen molar-refractivity contribution in [2.45, 2.75) is 11.8 Å². The Morgan fingerprint density at radius 1 is 0.850 bits per heavy atom. The number of carbonyl (C=O) groups excluding carboxylic acids is 1. The number of aryl methyl sites for hydroxylation is 1. The van der Waals surface area contributed by atoms with Gasteiger partial charge in [0.05, 0.1) is 12.7 Å². The van der Waals surface area contributed by atoms with Gasteiger partial charge in [-0.15, -0.1) is 0 Å². The molecule has 1 aliphatic rings. The van der Waals surface area contributed by atoms with Gasteiger partial charge in [-0.05, 0) is 77.3 Å². The van der Waals surface area contributed by atoms with Crippen molar-refractivity contribution < 1.29 is 9.53 Å². The van der Waals surface area contributed by atoms with Crippen LogP contribution in [0.2, 0.25) is 0 Å². The maximum atomic E-state index is 12.1. The van der Waals surface area contributed by atoms with Crippen LogP contribution >= 0.6 is 11.8 Å². The Hall–Kier alpha value is -4.54. The number of anilines is 1. The Bertz CT molecular complexity index is 1650. The molecular weight excluding hydrogens is 510 g/mol. The van der Waals surface area contributed by atoms with Gasteiger partial charge in [0.2, 0.25) is 0 Å². The van der Waals surface area contributed by atoms with Crippen LogP contribution in [0.5, 0.6) is 0 Å². The van der Waals surface area contributed by atoms with Gasteiger partial charge < -0.3 is 9.64 Å². The van der Waals surface area contributed by atoms with Crippen LogP contribution in [0.1, 0.15) is 32.6 Å². The van der Waals surface area contributed by atoms with Crippen LogP contribution < -0.4 is 4.90 Å². The first-order valence-corrected chi connectivity index (χ1v) is 13.9. The smallest absolute Gasteiger partial charge is 0.337 e. The Morgan fingerprint density at radius 2 is 1.50 bits per heavy atom. The van der Waals surface area contributed by atoms with Crippen molar-refractivity contribution in [2.75, 3.05) is 19.1 Å². The summed E-state index contributed by atoms with van der Waals surface area (Å²) in [6, 6.07) is 34.7. The Kier molecular flexibility index (Phi) is 8.18. The molecule has 0 fully saturated rings. The highest BCUT2D eigenvalue weighted by atomic mass is 32.2. The monoisotopic (exact) mass is 541 g/mol. The number of carbonyl (C=O) groups is 1. The largest absolute Gasteiger partial charge is 0.465 e. The standard InChI is InChI=1S/C36H31NO2S/c1-25-12-8-11-17-35(25)40-26(2)22-30(27-18-20-29(21-19-27)36(38)39-4)23-31-24-34(28-13-6-5-7-14-28)37(3)33-16-10-9-15-32(31)33/h5-24H,2H2,1,3-4H3/b30-22-,31-23+. The number of allylic oxidation sites excluding steroid dienone is 5. The maximum Gasteiger partial charge on any atom is 0.337 e. The van der Waals surface area contributed by atoms with Gasteiger partial charge in [-0.1, -0.05) is 97.2 Å². The first kappa shape index (κ1) is 27.0. The molecule has 1 heterocycles. The van der Waals surface area contributed by atoms with Crippen molar-refractivity contribution >= 4 is 40.3 Å². The van der Waals surface area contributed by atoms with Crippen LogP contribution in [0.4, 0.5) is 5.69 Å². The third kappa shape index (κ3) is 5.88. The molecule has 0 spiro atoms. The van der Waals surface area contributed by atoms with Gasteiger partial charge in [-0.25, -0.2) is 4.79 Å². The summed E-state index contributed by atoms with van der Waals surface area (Å²) in [5.74, 6) is -0.352. The van der Waals surface area contributed by atoms with E-state index in [1.807, 2.05) is 30.3 Å². The highest BCUT2D eigenvalue weighted by Gasteiger charge is 2.21. The SMILES string of the molecule is C=C(/C=C(/C=C1\C=C(c2ccccc2)N(C)c2ccccc21)c1ccc(C(=O)OC)cc1)Sc1ccccc1C. The molecule has 4 aromatic carbocycles. The molecule has 0 N–H and O–H groups in total. The molecule has 40 heavy (non-hydrogen) atoms. The zero-order valence-corrected chi connectivity index (χ0v) is 23.7. The molecule has 0 bridgehead atoms. The molecule has 3 nitrogen and oxygen atoms in total. The fourth-order valence-electron chi connectivity index (χ4n) is 4.77. The lowest BCUT2D eigenvalue weighted by Crippen LogP contribution is -2.20. The lowest BCUT2D eigenvalue weighted by atomic mass is 9.92. The van der Waals surface area contributed by atoms with Crippen molar-refractivity contribution in [3.63, 3.8) is 0 Å². The topological polar surface area (TPSA) is 29.5 Å². The Morgan fingerprint density at radius 3 is 2.23 bits per heavy atom. The number of benzene rings is 4. The van der Waals surface area contributed by atoms with Gasteiger partial charge in [-0.2, -0.15) is 0 Å². The number of fused-ring (bicyclic) bond motifs is 1. The summed E-state index contributed by atoms with van der Waals surface area (Å²) < 4.78 is 4.91. The Labute approximate surface area is 240 Å². The molecule has 0 amide bonds. The van der Waals surface area contributed by atoms with E-state index in [0.29, 0.717) is 5.56 Å². The molecule has 5 rings (SSSR count). The van der Waals surface area contributed by atoms with Crippen molar-refractivity contribution in [3.05, 3.63) is 161 Å². The predicted octanol–water partition coefficient (Wildman–Crippen LogP) is 9.05. The molecule has 4 heteroatoms. The molecule has 0 unspecified atom stereocenters. The number of hydrogen-bond acceptors (Lipinski definition) is 4. The molecule has 198 valence electrons. The van der Waals surface area contributed by atoms with Crippen LogP contribution in [0.15, 0.2) is 138 Å². The number of nitrogens with zero attached hydrogens (tertiary/aromatic N) is 1.